The van der Waals surface area contributed by atoms with Gasteiger partial charge in [0, 0.05) is 12.6 Å². The molecule has 162 valence electrons. The minimum Gasteiger partial charge on any atom is -0.383 e. The third-order valence-electron chi connectivity index (χ3n) is 5.78. The molecule has 2 atom stereocenters. The van der Waals surface area contributed by atoms with Crippen LogP contribution in [0, 0.1) is 5.92 Å². The van der Waals surface area contributed by atoms with Crippen LogP contribution >= 0.6 is 12.2 Å². The second-order valence-corrected chi connectivity index (χ2v) is 8.42. The maximum atomic E-state index is 12.8. The molecule has 1 fully saturated rings. The maximum Gasteiger partial charge on any atom is 0.330 e. The van der Waals surface area contributed by atoms with Crippen LogP contribution in [0.4, 0.5) is 11.5 Å². The Labute approximate surface area is 182 Å². The van der Waals surface area contributed by atoms with Gasteiger partial charge in [0.1, 0.15) is 5.82 Å². The molecule has 1 heterocycles. The molecule has 0 bridgehead atoms. The first-order valence-corrected chi connectivity index (χ1v) is 11.1. The van der Waals surface area contributed by atoms with E-state index in [1.165, 1.54) is 23.8 Å². The molecule has 1 aliphatic carbocycles. The number of hydrogen-bond donors (Lipinski definition) is 3. The molecule has 0 amide bonds. The second kappa shape index (κ2) is 9.93. The van der Waals surface area contributed by atoms with Gasteiger partial charge in [0.2, 0.25) is 0 Å². The highest BCUT2D eigenvalue weighted by Crippen LogP contribution is 2.25. The minimum atomic E-state index is -0.527. The highest BCUT2D eigenvalue weighted by Gasteiger charge is 2.26. The molecule has 0 saturated heterocycles. The summed E-state index contributed by atoms with van der Waals surface area (Å²) in [6.07, 6.45) is 5.41. The Morgan fingerprint density at radius 3 is 2.63 bits per heavy atom. The quantitative estimate of drug-likeness (QED) is 0.611. The van der Waals surface area contributed by atoms with Crippen LogP contribution < -0.4 is 27.2 Å². The Morgan fingerprint density at radius 1 is 1.27 bits per heavy atom. The summed E-state index contributed by atoms with van der Waals surface area (Å²) >= 11 is 5.70. The van der Waals surface area contributed by atoms with E-state index in [2.05, 4.69) is 17.2 Å². The number of thiocarbonyl (C=S) groups is 1. The van der Waals surface area contributed by atoms with Crippen LogP contribution in [0.5, 0.6) is 0 Å². The number of nitrogens with one attached hydrogen (secondary N) is 2. The van der Waals surface area contributed by atoms with E-state index in [0.29, 0.717) is 17.6 Å². The van der Waals surface area contributed by atoms with E-state index in [1.807, 2.05) is 37.3 Å². The first kappa shape index (κ1) is 22.1. The zero-order valence-corrected chi connectivity index (χ0v) is 18.5. The number of H-pyrrole nitrogens is 1. The van der Waals surface area contributed by atoms with Crippen LogP contribution in [0.25, 0.3) is 0 Å². The van der Waals surface area contributed by atoms with Crippen molar-refractivity contribution < 1.29 is 0 Å². The van der Waals surface area contributed by atoms with Gasteiger partial charge in [-0.25, -0.2) is 4.79 Å². The fourth-order valence-corrected chi connectivity index (χ4v) is 4.40. The van der Waals surface area contributed by atoms with Gasteiger partial charge >= 0.3 is 5.69 Å². The molecule has 0 unspecified atom stereocenters. The van der Waals surface area contributed by atoms with Crippen LogP contribution in [-0.2, 0) is 6.54 Å². The van der Waals surface area contributed by atoms with Crippen molar-refractivity contribution in [3.8, 4) is 0 Å². The summed E-state index contributed by atoms with van der Waals surface area (Å²) in [6, 6.07) is 9.82. The highest BCUT2D eigenvalue weighted by molar-refractivity contribution is 7.80. The predicted octanol–water partition coefficient (Wildman–Crippen LogP) is 2.84. The van der Waals surface area contributed by atoms with Crippen LogP contribution in [0.2, 0.25) is 0 Å². The third kappa shape index (κ3) is 4.92. The summed E-state index contributed by atoms with van der Waals surface area (Å²) in [5.74, 6) is 0.643. The topological polar surface area (TPSA) is 96.2 Å². The van der Waals surface area contributed by atoms with Gasteiger partial charge in [0.25, 0.3) is 5.56 Å². The average molecular weight is 430 g/mol. The lowest BCUT2D eigenvalue weighted by Gasteiger charge is -2.34. The van der Waals surface area contributed by atoms with Crippen LogP contribution in [0.1, 0.15) is 51.5 Å². The van der Waals surface area contributed by atoms with E-state index in [4.69, 9.17) is 18.0 Å². The first-order valence-electron chi connectivity index (χ1n) is 10.7. The fraction of sp³-hybridized carbons (Fsp3) is 0.500. The standard InChI is InChI=1S/C22H31N5O2S/c1-3-13-26(22(30)24-17-12-8-7-9-15(17)2)18-19(23)27(21(29)25-20(18)28)14-16-10-5-4-6-11-16/h4-6,10-11,15,17H,3,7-9,12-14,23H2,1-2H3,(H,24,30)(H,25,28,29)/t15-,17-/m1/s1. The molecule has 2 aromatic rings. The van der Waals surface area contributed by atoms with Gasteiger partial charge in [-0.3, -0.25) is 14.3 Å². The van der Waals surface area contributed by atoms with Crippen LogP contribution in [0.3, 0.4) is 0 Å². The van der Waals surface area contributed by atoms with Crippen molar-refractivity contribution in [2.75, 3.05) is 17.2 Å². The maximum absolute atomic E-state index is 12.8. The molecule has 1 aliphatic rings. The Bertz CT molecular complexity index is 985. The Kier molecular flexibility index (Phi) is 7.31. The molecule has 3 rings (SSSR count). The molecular formula is C22H31N5O2S. The summed E-state index contributed by atoms with van der Waals surface area (Å²) < 4.78 is 1.39. The Balaban J connectivity index is 1.95. The number of nitrogen functional groups attached to an aromatic ring is 1. The van der Waals surface area contributed by atoms with Crippen molar-refractivity contribution in [1.82, 2.24) is 14.9 Å². The van der Waals surface area contributed by atoms with Gasteiger partial charge in [-0.2, -0.15) is 0 Å². The van der Waals surface area contributed by atoms with Gasteiger partial charge in [0.05, 0.1) is 6.54 Å². The van der Waals surface area contributed by atoms with Gasteiger partial charge < -0.3 is 16.0 Å². The first-order chi connectivity index (χ1) is 14.4. The number of rotatable bonds is 6. The van der Waals surface area contributed by atoms with Crippen molar-refractivity contribution in [1.29, 1.82) is 0 Å². The molecule has 0 spiro atoms. The van der Waals surface area contributed by atoms with Crippen molar-refractivity contribution in [3.63, 3.8) is 0 Å². The van der Waals surface area contributed by atoms with Gasteiger partial charge in [0.15, 0.2) is 10.8 Å². The predicted molar refractivity (Wildman–Crippen MR) is 126 cm³/mol. The molecule has 1 saturated carbocycles. The largest absolute Gasteiger partial charge is 0.383 e. The van der Waals surface area contributed by atoms with E-state index < -0.39 is 11.2 Å². The average Bonchev–Trinajstić information content (AvgIpc) is 2.72. The van der Waals surface area contributed by atoms with E-state index in [0.717, 1.165) is 18.4 Å². The van der Waals surface area contributed by atoms with Crippen molar-refractivity contribution in [3.05, 3.63) is 56.7 Å². The normalized spacial score (nSPS) is 18.7. The van der Waals surface area contributed by atoms with Crippen molar-refractivity contribution in [2.24, 2.45) is 5.92 Å². The number of nitrogens with zero attached hydrogens (tertiary/aromatic N) is 2. The van der Waals surface area contributed by atoms with Crippen LogP contribution in [0.15, 0.2) is 39.9 Å². The lowest BCUT2D eigenvalue weighted by molar-refractivity contribution is 0.309. The summed E-state index contributed by atoms with van der Waals surface area (Å²) in [6.45, 7) is 5.05. The van der Waals surface area contributed by atoms with Crippen LogP contribution in [-0.4, -0.2) is 27.3 Å². The molecule has 1 aromatic carbocycles. The second-order valence-electron chi connectivity index (χ2n) is 8.03. The van der Waals surface area contributed by atoms with E-state index in [9.17, 15) is 9.59 Å². The summed E-state index contributed by atoms with van der Waals surface area (Å²) in [5.41, 5.74) is 6.48. The van der Waals surface area contributed by atoms with Gasteiger partial charge in [-0.1, -0.05) is 57.0 Å². The number of aromatic amines is 1. The number of nitrogens with two attached hydrogens (primary N) is 1. The zero-order valence-electron chi connectivity index (χ0n) is 17.7. The molecule has 0 aliphatic heterocycles. The van der Waals surface area contributed by atoms with E-state index >= 15 is 0 Å². The molecule has 8 heteroatoms. The lowest BCUT2D eigenvalue weighted by atomic mass is 9.86. The molecule has 1 aromatic heterocycles. The Morgan fingerprint density at radius 2 is 1.97 bits per heavy atom. The van der Waals surface area contributed by atoms with Crippen molar-refractivity contribution in [2.45, 2.75) is 58.5 Å². The SMILES string of the molecule is CCCN(C(=S)N[C@@H]1CCCC[C@H]1C)c1c(N)n(Cc2ccccc2)c(=O)[nH]c1=O. The lowest BCUT2D eigenvalue weighted by Crippen LogP contribution is -2.50. The van der Waals surface area contributed by atoms with Gasteiger partial charge in [-0.15, -0.1) is 0 Å². The number of anilines is 2. The summed E-state index contributed by atoms with van der Waals surface area (Å²) in [7, 11) is 0. The summed E-state index contributed by atoms with van der Waals surface area (Å²) in [5, 5.41) is 3.94. The third-order valence-corrected chi connectivity index (χ3v) is 6.12. The van der Waals surface area contributed by atoms with Gasteiger partial charge in [-0.05, 0) is 43.0 Å². The van der Waals surface area contributed by atoms with Crippen molar-refractivity contribution >= 4 is 28.8 Å². The number of hydrogen-bond acceptors (Lipinski definition) is 4. The Hall–Kier alpha value is -2.61. The van der Waals surface area contributed by atoms with E-state index in [1.54, 1.807) is 4.90 Å². The highest BCUT2D eigenvalue weighted by atomic mass is 32.1. The molecular weight excluding hydrogens is 398 g/mol. The monoisotopic (exact) mass is 429 g/mol. The molecule has 7 nitrogen and oxygen atoms in total. The number of aromatic nitrogens is 2. The smallest absolute Gasteiger partial charge is 0.330 e. The van der Waals surface area contributed by atoms with E-state index in [-0.39, 0.29) is 24.1 Å². The summed E-state index contributed by atoms with van der Waals surface area (Å²) in [4.78, 5) is 29.4. The fourth-order valence-electron chi connectivity index (χ4n) is 4.07. The number of benzene rings is 1. The molecule has 0 radical (unpaired) electrons. The zero-order chi connectivity index (χ0) is 21.7. The molecule has 30 heavy (non-hydrogen) atoms. The molecule has 4 N–H and O–H groups in total. The minimum absolute atomic E-state index is 0.127.